The average molecular weight is 398 g/mol. The Bertz CT molecular complexity index is 1080. The third-order valence-corrected chi connectivity index (χ3v) is 6.68. The molecule has 0 aromatic heterocycles. The lowest BCUT2D eigenvalue weighted by Gasteiger charge is -2.33. The molecular formula is C21H23N3O3S. The van der Waals surface area contributed by atoms with Crippen LogP contribution in [0.4, 0.5) is 5.69 Å². The molecule has 1 amide bonds. The van der Waals surface area contributed by atoms with Gasteiger partial charge in [0, 0.05) is 24.3 Å². The van der Waals surface area contributed by atoms with Gasteiger partial charge in [-0.25, -0.2) is 0 Å². The average Bonchev–Trinajstić information content (AvgIpc) is 2.96. The number of hydrogen-bond acceptors (Lipinski definition) is 4. The SMILES string of the molecule is Cc1ccc(C)c(NC(=O)[C@H]2CCCN(C3=NS(=O)(=O)c4ccccc43)C2)c1. The van der Waals surface area contributed by atoms with Crippen LogP contribution in [0.1, 0.15) is 29.5 Å². The van der Waals surface area contributed by atoms with Crippen LogP contribution in [0.25, 0.3) is 0 Å². The van der Waals surface area contributed by atoms with E-state index in [0.717, 1.165) is 29.7 Å². The predicted molar refractivity (Wildman–Crippen MR) is 109 cm³/mol. The molecule has 0 aliphatic carbocycles. The minimum absolute atomic E-state index is 0.0341. The molecule has 2 heterocycles. The molecule has 0 radical (unpaired) electrons. The van der Waals surface area contributed by atoms with Gasteiger partial charge in [-0.05, 0) is 56.0 Å². The van der Waals surface area contributed by atoms with E-state index in [1.54, 1.807) is 18.2 Å². The van der Waals surface area contributed by atoms with Crippen molar-refractivity contribution < 1.29 is 13.2 Å². The van der Waals surface area contributed by atoms with Crippen molar-refractivity contribution in [3.63, 3.8) is 0 Å². The highest BCUT2D eigenvalue weighted by Crippen LogP contribution is 2.30. The lowest BCUT2D eigenvalue weighted by Crippen LogP contribution is -2.43. The van der Waals surface area contributed by atoms with Crippen molar-refractivity contribution in [3.8, 4) is 0 Å². The van der Waals surface area contributed by atoms with Crippen molar-refractivity contribution in [3.05, 3.63) is 59.2 Å². The third kappa shape index (κ3) is 3.42. The van der Waals surface area contributed by atoms with Crippen molar-refractivity contribution in [2.24, 2.45) is 10.3 Å². The number of hydrogen-bond donors (Lipinski definition) is 1. The molecule has 0 spiro atoms. The van der Waals surface area contributed by atoms with Gasteiger partial charge in [0.2, 0.25) is 5.91 Å². The van der Waals surface area contributed by atoms with E-state index < -0.39 is 10.0 Å². The Morgan fingerprint density at radius 3 is 2.79 bits per heavy atom. The van der Waals surface area contributed by atoms with Crippen molar-refractivity contribution in [2.45, 2.75) is 31.6 Å². The van der Waals surface area contributed by atoms with Crippen LogP contribution in [0, 0.1) is 19.8 Å². The summed E-state index contributed by atoms with van der Waals surface area (Å²) in [7, 11) is -3.66. The zero-order chi connectivity index (χ0) is 19.9. The van der Waals surface area contributed by atoms with Crippen LogP contribution in [0.5, 0.6) is 0 Å². The fourth-order valence-corrected chi connectivity index (χ4v) is 5.03. The van der Waals surface area contributed by atoms with Crippen LogP contribution < -0.4 is 5.32 Å². The Hall–Kier alpha value is -2.67. The van der Waals surface area contributed by atoms with E-state index >= 15 is 0 Å². The summed E-state index contributed by atoms with van der Waals surface area (Å²) in [6, 6.07) is 12.8. The monoisotopic (exact) mass is 397 g/mol. The first kappa shape index (κ1) is 18.7. The molecule has 4 rings (SSSR count). The number of anilines is 1. The predicted octanol–water partition coefficient (Wildman–Crippen LogP) is 3.10. The third-order valence-electron chi connectivity index (χ3n) is 5.36. The molecule has 1 fully saturated rings. The first-order valence-corrected chi connectivity index (χ1v) is 10.9. The normalized spacial score (nSPS) is 20.4. The molecule has 1 saturated heterocycles. The molecular weight excluding hydrogens is 374 g/mol. The second kappa shape index (κ2) is 7.05. The highest BCUT2D eigenvalue weighted by molar-refractivity contribution is 7.90. The maximum atomic E-state index is 12.9. The van der Waals surface area contributed by atoms with Gasteiger partial charge in [-0.1, -0.05) is 24.3 Å². The van der Waals surface area contributed by atoms with E-state index in [4.69, 9.17) is 0 Å². The molecule has 0 bridgehead atoms. The minimum atomic E-state index is -3.66. The summed E-state index contributed by atoms with van der Waals surface area (Å²) in [4.78, 5) is 15.0. The smallest absolute Gasteiger partial charge is 0.285 e. The van der Waals surface area contributed by atoms with Gasteiger partial charge in [0.15, 0.2) is 5.84 Å². The summed E-state index contributed by atoms with van der Waals surface area (Å²) in [6.07, 6.45) is 1.58. The number of carbonyl (C=O) groups is 1. The summed E-state index contributed by atoms with van der Waals surface area (Å²) in [5, 5.41) is 3.04. The summed E-state index contributed by atoms with van der Waals surface area (Å²) in [5.74, 6) is 0.208. The highest BCUT2D eigenvalue weighted by Gasteiger charge is 2.35. The fourth-order valence-electron chi connectivity index (χ4n) is 3.81. The Morgan fingerprint density at radius 1 is 1.18 bits per heavy atom. The van der Waals surface area contributed by atoms with E-state index in [2.05, 4.69) is 9.71 Å². The van der Waals surface area contributed by atoms with Gasteiger partial charge in [0.1, 0.15) is 4.90 Å². The molecule has 1 N–H and O–H groups in total. The highest BCUT2D eigenvalue weighted by atomic mass is 32.2. The Morgan fingerprint density at radius 2 is 1.96 bits per heavy atom. The zero-order valence-corrected chi connectivity index (χ0v) is 16.8. The van der Waals surface area contributed by atoms with Crippen LogP contribution in [0.3, 0.4) is 0 Å². The molecule has 2 aromatic carbocycles. The van der Waals surface area contributed by atoms with E-state index in [0.29, 0.717) is 24.5 Å². The number of amidine groups is 1. The lowest BCUT2D eigenvalue weighted by molar-refractivity contribution is -0.121. The number of rotatable bonds is 2. The number of carbonyl (C=O) groups excluding carboxylic acids is 1. The summed E-state index contributed by atoms with van der Waals surface area (Å²) >= 11 is 0. The van der Waals surface area contributed by atoms with Crippen molar-refractivity contribution in [1.82, 2.24) is 4.90 Å². The molecule has 2 aliphatic heterocycles. The van der Waals surface area contributed by atoms with Gasteiger partial charge < -0.3 is 10.2 Å². The van der Waals surface area contributed by atoms with Crippen LogP contribution in [-0.2, 0) is 14.8 Å². The van der Waals surface area contributed by atoms with Crippen molar-refractivity contribution >= 4 is 27.5 Å². The Balaban J connectivity index is 1.54. The largest absolute Gasteiger partial charge is 0.355 e. The minimum Gasteiger partial charge on any atom is -0.355 e. The second-order valence-corrected chi connectivity index (χ2v) is 9.05. The number of nitrogens with zero attached hydrogens (tertiary/aromatic N) is 2. The number of sulfonamides is 1. The van der Waals surface area contributed by atoms with E-state index in [1.165, 1.54) is 0 Å². The van der Waals surface area contributed by atoms with E-state index in [-0.39, 0.29) is 16.7 Å². The van der Waals surface area contributed by atoms with Gasteiger partial charge in [0.05, 0.1) is 5.92 Å². The zero-order valence-electron chi connectivity index (χ0n) is 16.0. The van der Waals surface area contributed by atoms with Crippen LogP contribution in [0.15, 0.2) is 51.8 Å². The van der Waals surface area contributed by atoms with Crippen LogP contribution in [-0.4, -0.2) is 38.2 Å². The summed E-state index contributed by atoms with van der Waals surface area (Å²) < 4.78 is 28.7. The number of nitrogens with one attached hydrogen (secondary N) is 1. The van der Waals surface area contributed by atoms with Gasteiger partial charge in [-0.15, -0.1) is 4.40 Å². The topological polar surface area (TPSA) is 78.8 Å². The Labute approximate surface area is 165 Å². The fraction of sp³-hybridized carbons (Fsp3) is 0.333. The maximum Gasteiger partial charge on any atom is 0.285 e. The first-order valence-electron chi connectivity index (χ1n) is 9.42. The number of aryl methyl sites for hydroxylation is 2. The summed E-state index contributed by atoms with van der Waals surface area (Å²) in [6.45, 7) is 5.11. The van der Waals surface area contributed by atoms with Crippen LogP contribution >= 0.6 is 0 Å². The number of fused-ring (bicyclic) bond motifs is 1. The molecule has 2 aliphatic rings. The van der Waals surface area contributed by atoms with Crippen molar-refractivity contribution in [2.75, 3.05) is 18.4 Å². The molecule has 7 heteroatoms. The standard InChI is InChI=1S/C21H23N3O3S/c1-14-9-10-15(2)18(12-14)22-21(25)16-6-5-11-24(13-16)20-17-7-3-4-8-19(17)28(26,27)23-20/h3-4,7-10,12,16H,5-6,11,13H2,1-2H3,(H,22,25)/t16-/m0/s1. The number of piperidine rings is 1. The van der Waals surface area contributed by atoms with Crippen LogP contribution in [0.2, 0.25) is 0 Å². The van der Waals surface area contributed by atoms with E-state index in [9.17, 15) is 13.2 Å². The second-order valence-electron chi connectivity index (χ2n) is 7.48. The van der Waals surface area contributed by atoms with Gasteiger partial charge in [-0.2, -0.15) is 8.42 Å². The van der Waals surface area contributed by atoms with E-state index in [1.807, 2.05) is 43.0 Å². The molecule has 0 unspecified atom stereocenters. The number of benzene rings is 2. The molecule has 0 saturated carbocycles. The van der Waals surface area contributed by atoms with Gasteiger partial charge >= 0.3 is 0 Å². The molecule has 28 heavy (non-hydrogen) atoms. The van der Waals surface area contributed by atoms with Crippen molar-refractivity contribution in [1.29, 1.82) is 0 Å². The summed E-state index contributed by atoms with van der Waals surface area (Å²) in [5.41, 5.74) is 3.56. The van der Waals surface area contributed by atoms with Gasteiger partial charge in [-0.3, -0.25) is 4.79 Å². The number of amides is 1. The van der Waals surface area contributed by atoms with Gasteiger partial charge in [0.25, 0.3) is 10.0 Å². The molecule has 6 nitrogen and oxygen atoms in total. The molecule has 146 valence electrons. The maximum absolute atomic E-state index is 12.9. The Kier molecular flexibility index (Phi) is 4.71. The lowest BCUT2D eigenvalue weighted by atomic mass is 9.96. The molecule has 1 atom stereocenters. The number of likely N-dealkylation sites (tertiary alicyclic amines) is 1. The molecule has 2 aromatic rings. The quantitative estimate of drug-likeness (QED) is 0.845. The first-order chi connectivity index (χ1) is 13.3.